The average molecular weight is 505 g/mol. The summed E-state index contributed by atoms with van der Waals surface area (Å²) in [7, 11) is 0. The number of nitrogens with one attached hydrogen (secondary N) is 3. The minimum absolute atomic E-state index is 0.126. The first-order valence-corrected chi connectivity index (χ1v) is 11.7. The van der Waals surface area contributed by atoms with Crippen LogP contribution in [0.3, 0.4) is 0 Å². The van der Waals surface area contributed by atoms with Crippen molar-refractivity contribution in [1.82, 2.24) is 15.3 Å². The summed E-state index contributed by atoms with van der Waals surface area (Å²) >= 11 is 6.50. The van der Waals surface area contributed by atoms with Crippen molar-refractivity contribution in [2.45, 2.75) is 26.3 Å². The van der Waals surface area contributed by atoms with Gasteiger partial charge in [0.2, 0.25) is 5.96 Å². The first-order valence-electron chi connectivity index (χ1n) is 11.3. The smallest absolute Gasteiger partial charge is 0.302 e. The molecule has 1 atom stereocenters. The molecule has 2 aromatic carbocycles. The third-order valence-corrected chi connectivity index (χ3v) is 6.08. The molecule has 1 aliphatic rings. The van der Waals surface area contributed by atoms with Crippen LogP contribution in [0.25, 0.3) is 11.1 Å². The number of hydrogen-bond donors (Lipinski definition) is 3. The minimum Gasteiger partial charge on any atom is -0.423 e. The van der Waals surface area contributed by atoms with Crippen molar-refractivity contribution in [2.75, 3.05) is 10.6 Å². The molecule has 0 fully saturated rings. The van der Waals surface area contributed by atoms with Gasteiger partial charge in [0.25, 0.3) is 5.91 Å². The third kappa shape index (κ3) is 4.78. The van der Waals surface area contributed by atoms with Crippen LogP contribution in [0.2, 0.25) is 5.02 Å². The molecule has 0 saturated carbocycles. The molecule has 36 heavy (non-hydrogen) atoms. The lowest BCUT2D eigenvalue weighted by Gasteiger charge is -2.26. The summed E-state index contributed by atoms with van der Waals surface area (Å²) in [4.78, 5) is 26.8. The summed E-state index contributed by atoms with van der Waals surface area (Å²) in [5, 5.41) is 9.39. The molecule has 5 rings (SSSR count). The molecule has 8 nitrogen and oxygen atoms in total. The number of nitrogens with zero attached hydrogens (tertiary/aromatic N) is 3. The van der Waals surface area contributed by atoms with Crippen LogP contribution in [0.15, 0.2) is 81.5 Å². The molecule has 3 N–H and O–H groups in total. The Labute approximate surface area is 211 Å². The largest absolute Gasteiger partial charge is 0.423 e. The molecule has 3 heterocycles. The van der Waals surface area contributed by atoms with Crippen molar-refractivity contribution in [3.8, 4) is 0 Å². The van der Waals surface area contributed by atoms with Gasteiger partial charge in [0, 0.05) is 28.5 Å². The van der Waals surface area contributed by atoms with Crippen LogP contribution in [-0.4, -0.2) is 21.8 Å². The number of amides is 1. The monoisotopic (exact) mass is 504 g/mol. The fourth-order valence-corrected chi connectivity index (χ4v) is 4.14. The molecule has 0 aliphatic carbocycles. The zero-order valence-corrected chi connectivity index (χ0v) is 20.2. The lowest BCUT2D eigenvalue weighted by atomic mass is 9.95. The number of allylic oxidation sites excluding steroid dienone is 1. The Bertz CT molecular complexity index is 1510. The number of guanidine groups is 1. The van der Waals surface area contributed by atoms with E-state index >= 15 is 0 Å². The second-order valence-electron chi connectivity index (χ2n) is 8.18. The van der Waals surface area contributed by atoms with E-state index in [4.69, 9.17) is 21.0 Å². The fourth-order valence-electron chi connectivity index (χ4n) is 3.90. The molecule has 0 radical (unpaired) electrons. The van der Waals surface area contributed by atoms with Gasteiger partial charge < -0.3 is 15.1 Å². The van der Waals surface area contributed by atoms with Crippen LogP contribution >= 0.6 is 11.6 Å². The van der Waals surface area contributed by atoms with Crippen LogP contribution in [-0.2, 0) is 11.2 Å². The van der Waals surface area contributed by atoms with Crippen molar-refractivity contribution >= 4 is 46.4 Å². The number of carbonyl (C=O) groups excluding carboxylic acids is 1. The summed E-state index contributed by atoms with van der Waals surface area (Å²) in [5.74, 6) is -0.0550. The van der Waals surface area contributed by atoms with E-state index in [0.717, 1.165) is 12.0 Å². The van der Waals surface area contributed by atoms with E-state index in [2.05, 4.69) is 25.9 Å². The van der Waals surface area contributed by atoms with Crippen molar-refractivity contribution < 1.29 is 13.6 Å². The second kappa shape index (κ2) is 9.79. The van der Waals surface area contributed by atoms with E-state index in [1.807, 2.05) is 31.2 Å². The molecule has 10 heteroatoms. The lowest BCUT2D eigenvalue weighted by molar-refractivity contribution is -0.113. The maximum Gasteiger partial charge on any atom is 0.302 e. The highest BCUT2D eigenvalue weighted by atomic mass is 35.5. The molecule has 2 aromatic heterocycles. The number of aromatic nitrogens is 2. The summed E-state index contributed by atoms with van der Waals surface area (Å²) in [6, 6.07) is 14.4. The normalized spacial score (nSPS) is 15.4. The number of fused-ring (bicyclic) bond motifs is 1. The summed E-state index contributed by atoms with van der Waals surface area (Å²) < 4.78 is 19.2. The molecule has 4 aromatic rings. The zero-order valence-electron chi connectivity index (χ0n) is 19.5. The predicted octanol–water partition coefficient (Wildman–Crippen LogP) is 5.60. The molecule has 1 aliphatic heterocycles. The minimum atomic E-state index is -0.723. The average Bonchev–Trinajstić information content (AvgIpc) is 3.25. The summed E-state index contributed by atoms with van der Waals surface area (Å²) in [6.45, 7) is 3.80. The standard InChI is InChI=1S/C26H22ClFN6O2/c1-3-15-8-11-21(29-13-15)32-24(35)22-14(2)30-25(33-23(22)17-6-4-5-7-18(17)27)34-26-31-19-10-9-16(28)12-20(19)36-26/h4-13,23H,3H2,1-2H3,(H,29,32,35)(H2,30,31,33,34). The third-order valence-electron chi connectivity index (χ3n) is 5.74. The number of aliphatic imine (C=N–C) groups is 1. The molecule has 182 valence electrons. The van der Waals surface area contributed by atoms with E-state index in [1.54, 1.807) is 25.3 Å². The zero-order chi connectivity index (χ0) is 25.2. The molecule has 1 amide bonds. The number of rotatable bonds is 5. The SMILES string of the molecule is CCc1ccc(NC(=O)C2=C(C)NC(Nc3nc4ccc(F)cc4o3)=NC2c2ccccc2Cl)nc1. The Morgan fingerprint density at radius 1 is 1.19 bits per heavy atom. The van der Waals surface area contributed by atoms with Gasteiger partial charge in [-0.15, -0.1) is 0 Å². The number of hydrogen-bond acceptors (Lipinski definition) is 7. The van der Waals surface area contributed by atoms with E-state index in [9.17, 15) is 9.18 Å². The fraction of sp³-hybridized carbons (Fsp3) is 0.154. The number of benzene rings is 2. The molecule has 0 saturated heterocycles. The van der Waals surface area contributed by atoms with Crippen LogP contribution in [0.1, 0.15) is 31.0 Å². The summed E-state index contributed by atoms with van der Waals surface area (Å²) in [6.07, 6.45) is 2.58. The van der Waals surface area contributed by atoms with Crippen molar-refractivity contribution in [3.63, 3.8) is 0 Å². The van der Waals surface area contributed by atoms with Gasteiger partial charge in [-0.1, -0.05) is 42.8 Å². The van der Waals surface area contributed by atoms with Gasteiger partial charge in [0.15, 0.2) is 5.58 Å². The van der Waals surface area contributed by atoms with Crippen LogP contribution in [0, 0.1) is 5.82 Å². The first kappa shape index (κ1) is 23.5. The Morgan fingerprint density at radius 2 is 2.03 bits per heavy atom. The molecular formula is C26H22ClFN6O2. The van der Waals surface area contributed by atoms with Crippen LogP contribution < -0.4 is 16.0 Å². The number of carbonyl (C=O) groups is 1. The van der Waals surface area contributed by atoms with Crippen molar-refractivity contribution in [3.05, 3.63) is 94.0 Å². The number of oxazole rings is 1. The molecular weight excluding hydrogens is 483 g/mol. The Kier molecular flexibility index (Phi) is 6.39. The van der Waals surface area contributed by atoms with E-state index in [-0.39, 0.29) is 11.9 Å². The van der Waals surface area contributed by atoms with Gasteiger partial charge in [0.1, 0.15) is 23.2 Å². The van der Waals surface area contributed by atoms with Crippen molar-refractivity contribution in [2.24, 2.45) is 4.99 Å². The quantitative estimate of drug-likeness (QED) is 0.326. The highest BCUT2D eigenvalue weighted by Gasteiger charge is 2.31. The van der Waals surface area contributed by atoms with E-state index < -0.39 is 11.9 Å². The van der Waals surface area contributed by atoms with Gasteiger partial charge in [-0.2, -0.15) is 4.98 Å². The van der Waals surface area contributed by atoms with Gasteiger partial charge in [0.05, 0.1) is 5.57 Å². The molecule has 0 bridgehead atoms. The molecule has 1 unspecified atom stereocenters. The van der Waals surface area contributed by atoms with E-state index in [0.29, 0.717) is 44.7 Å². The highest BCUT2D eigenvalue weighted by Crippen LogP contribution is 2.35. The Hall–Kier alpha value is -4.24. The number of aryl methyl sites for hydroxylation is 1. The summed E-state index contributed by atoms with van der Waals surface area (Å²) in [5.41, 5.74) is 3.45. The van der Waals surface area contributed by atoms with Gasteiger partial charge >= 0.3 is 6.01 Å². The highest BCUT2D eigenvalue weighted by molar-refractivity contribution is 6.31. The topological polar surface area (TPSA) is 104 Å². The number of pyridine rings is 1. The first-order chi connectivity index (χ1) is 17.4. The number of halogens is 2. The lowest BCUT2D eigenvalue weighted by Crippen LogP contribution is -2.37. The number of anilines is 2. The second-order valence-corrected chi connectivity index (χ2v) is 8.59. The van der Waals surface area contributed by atoms with E-state index in [1.165, 1.54) is 18.2 Å². The van der Waals surface area contributed by atoms with Crippen molar-refractivity contribution in [1.29, 1.82) is 0 Å². The van der Waals surface area contributed by atoms with Gasteiger partial charge in [-0.05, 0) is 43.2 Å². The van der Waals surface area contributed by atoms with Gasteiger partial charge in [-0.3, -0.25) is 10.1 Å². The maximum absolute atomic E-state index is 13.5. The Balaban J connectivity index is 1.47. The van der Waals surface area contributed by atoms with Crippen LogP contribution in [0.5, 0.6) is 0 Å². The Morgan fingerprint density at radius 3 is 2.78 bits per heavy atom. The van der Waals surface area contributed by atoms with Crippen LogP contribution in [0.4, 0.5) is 16.2 Å². The molecule has 0 spiro atoms. The maximum atomic E-state index is 13.5. The predicted molar refractivity (Wildman–Crippen MR) is 137 cm³/mol. The van der Waals surface area contributed by atoms with Gasteiger partial charge in [-0.25, -0.2) is 14.4 Å².